The molecular formula is C11H20N2O3S. The van der Waals surface area contributed by atoms with Crippen LogP contribution in [0.2, 0.25) is 0 Å². The van der Waals surface area contributed by atoms with E-state index in [0.717, 1.165) is 19.3 Å². The molecule has 0 unspecified atom stereocenters. The average molecular weight is 260 g/mol. The van der Waals surface area contributed by atoms with Gasteiger partial charge >= 0.3 is 0 Å². The number of furan rings is 1. The molecule has 17 heavy (non-hydrogen) atoms. The topological polar surface area (TPSA) is 71.3 Å². The second-order valence-corrected chi connectivity index (χ2v) is 5.55. The standard InChI is InChI=1S/C11H20N2O3S/c1-3-4-5-8-13-17(14,15)11-7-6-10(16-11)9-12-2/h6-7,12-13H,3-5,8-9H2,1-2H3. The van der Waals surface area contributed by atoms with Crippen molar-refractivity contribution in [1.82, 2.24) is 10.0 Å². The molecule has 0 bridgehead atoms. The highest BCUT2D eigenvalue weighted by molar-refractivity contribution is 7.89. The van der Waals surface area contributed by atoms with E-state index in [2.05, 4.69) is 17.0 Å². The normalized spacial score (nSPS) is 11.9. The van der Waals surface area contributed by atoms with Gasteiger partial charge in [-0.2, -0.15) is 0 Å². The molecule has 0 fully saturated rings. The molecule has 0 radical (unpaired) electrons. The van der Waals surface area contributed by atoms with Crippen molar-refractivity contribution in [3.63, 3.8) is 0 Å². The maximum Gasteiger partial charge on any atom is 0.273 e. The van der Waals surface area contributed by atoms with E-state index in [-0.39, 0.29) is 5.09 Å². The maximum atomic E-state index is 11.8. The monoisotopic (exact) mass is 260 g/mol. The highest BCUT2D eigenvalue weighted by Crippen LogP contribution is 2.13. The Kier molecular flexibility index (Phi) is 5.67. The van der Waals surface area contributed by atoms with Crippen LogP contribution in [0, 0.1) is 0 Å². The van der Waals surface area contributed by atoms with Gasteiger partial charge in [-0.1, -0.05) is 19.8 Å². The van der Waals surface area contributed by atoms with Gasteiger partial charge in [0.05, 0.1) is 6.54 Å². The molecule has 6 heteroatoms. The summed E-state index contributed by atoms with van der Waals surface area (Å²) in [5.74, 6) is 0.612. The van der Waals surface area contributed by atoms with Gasteiger partial charge < -0.3 is 9.73 Å². The number of hydrogen-bond acceptors (Lipinski definition) is 4. The first-order valence-electron chi connectivity index (χ1n) is 5.83. The first-order chi connectivity index (χ1) is 8.10. The van der Waals surface area contributed by atoms with Crippen LogP contribution >= 0.6 is 0 Å². The van der Waals surface area contributed by atoms with Crippen LogP contribution in [0.5, 0.6) is 0 Å². The van der Waals surface area contributed by atoms with Crippen molar-refractivity contribution in [2.45, 2.75) is 37.8 Å². The zero-order chi connectivity index (χ0) is 12.7. The largest absolute Gasteiger partial charge is 0.447 e. The summed E-state index contributed by atoms with van der Waals surface area (Å²) in [6.07, 6.45) is 2.93. The molecule has 1 rings (SSSR count). The first kappa shape index (κ1) is 14.2. The summed E-state index contributed by atoms with van der Waals surface area (Å²) in [5.41, 5.74) is 0. The second-order valence-electron chi connectivity index (χ2n) is 3.86. The Balaban J connectivity index is 2.56. The van der Waals surface area contributed by atoms with Crippen LogP contribution in [0.25, 0.3) is 0 Å². The van der Waals surface area contributed by atoms with Crippen LogP contribution in [-0.4, -0.2) is 22.0 Å². The van der Waals surface area contributed by atoms with E-state index < -0.39 is 10.0 Å². The van der Waals surface area contributed by atoms with E-state index in [1.807, 2.05) is 0 Å². The van der Waals surface area contributed by atoms with E-state index in [9.17, 15) is 8.42 Å². The average Bonchev–Trinajstić information content (AvgIpc) is 2.74. The smallest absolute Gasteiger partial charge is 0.273 e. The van der Waals surface area contributed by atoms with Crippen LogP contribution in [-0.2, 0) is 16.6 Å². The summed E-state index contributed by atoms with van der Waals surface area (Å²) in [6, 6.07) is 3.14. The van der Waals surface area contributed by atoms with Gasteiger partial charge in [0.1, 0.15) is 5.76 Å². The summed E-state index contributed by atoms with van der Waals surface area (Å²) in [6.45, 7) is 3.05. The molecule has 0 aliphatic carbocycles. The lowest BCUT2D eigenvalue weighted by molar-refractivity contribution is 0.404. The van der Waals surface area contributed by atoms with Crippen LogP contribution in [0.3, 0.4) is 0 Å². The van der Waals surface area contributed by atoms with Crippen LogP contribution in [0.4, 0.5) is 0 Å². The van der Waals surface area contributed by atoms with Gasteiger partial charge in [-0.3, -0.25) is 0 Å². The van der Waals surface area contributed by atoms with E-state index in [1.165, 1.54) is 6.07 Å². The van der Waals surface area contributed by atoms with Gasteiger partial charge in [0.15, 0.2) is 0 Å². The molecule has 0 aliphatic heterocycles. The predicted molar refractivity (Wildman–Crippen MR) is 66.2 cm³/mol. The number of hydrogen-bond donors (Lipinski definition) is 2. The quantitative estimate of drug-likeness (QED) is 0.694. The molecule has 1 aromatic rings. The van der Waals surface area contributed by atoms with Crippen molar-refractivity contribution >= 4 is 10.0 Å². The van der Waals surface area contributed by atoms with E-state index in [4.69, 9.17) is 4.42 Å². The molecule has 0 atom stereocenters. The number of rotatable bonds is 8. The van der Waals surface area contributed by atoms with Crippen molar-refractivity contribution < 1.29 is 12.8 Å². The van der Waals surface area contributed by atoms with Gasteiger partial charge in [0, 0.05) is 6.54 Å². The minimum absolute atomic E-state index is 0.0146. The Hall–Kier alpha value is -0.850. The van der Waals surface area contributed by atoms with Crippen LogP contribution in [0.15, 0.2) is 21.6 Å². The molecule has 5 nitrogen and oxygen atoms in total. The van der Waals surface area contributed by atoms with Crippen LogP contribution in [0.1, 0.15) is 31.9 Å². The van der Waals surface area contributed by atoms with Gasteiger partial charge in [0.2, 0.25) is 5.09 Å². The van der Waals surface area contributed by atoms with Gasteiger partial charge in [-0.25, -0.2) is 13.1 Å². The lowest BCUT2D eigenvalue weighted by Crippen LogP contribution is -2.24. The molecule has 1 heterocycles. The second kappa shape index (κ2) is 6.78. The molecule has 0 aromatic carbocycles. The third kappa shape index (κ3) is 4.49. The lowest BCUT2D eigenvalue weighted by atomic mass is 10.3. The molecule has 0 spiro atoms. The third-order valence-corrected chi connectivity index (χ3v) is 3.66. The van der Waals surface area contributed by atoms with Gasteiger partial charge in [0.25, 0.3) is 10.0 Å². The molecule has 2 N–H and O–H groups in total. The van der Waals surface area contributed by atoms with Crippen molar-refractivity contribution in [2.75, 3.05) is 13.6 Å². The number of sulfonamides is 1. The summed E-state index contributed by atoms with van der Waals surface area (Å²) in [5, 5.41) is 2.89. The van der Waals surface area contributed by atoms with Crippen molar-refractivity contribution in [3.8, 4) is 0 Å². The molecule has 0 amide bonds. The molecular weight excluding hydrogens is 240 g/mol. The Labute approximate surface area is 103 Å². The zero-order valence-corrected chi connectivity index (χ0v) is 11.1. The van der Waals surface area contributed by atoms with Crippen LogP contribution < -0.4 is 10.0 Å². The summed E-state index contributed by atoms with van der Waals surface area (Å²) >= 11 is 0. The Morgan fingerprint density at radius 3 is 2.71 bits per heavy atom. The Morgan fingerprint density at radius 2 is 2.06 bits per heavy atom. The van der Waals surface area contributed by atoms with Gasteiger partial charge in [-0.15, -0.1) is 0 Å². The highest BCUT2D eigenvalue weighted by atomic mass is 32.2. The zero-order valence-electron chi connectivity index (χ0n) is 10.3. The minimum Gasteiger partial charge on any atom is -0.447 e. The fraction of sp³-hybridized carbons (Fsp3) is 0.636. The van der Waals surface area contributed by atoms with E-state index in [1.54, 1.807) is 13.1 Å². The minimum atomic E-state index is -3.48. The molecule has 0 saturated heterocycles. The van der Waals surface area contributed by atoms with E-state index in [0.29, 0.717) is 18.8 Å². The van der Waals surface area contributed by atoms with E-state index >= 15 is 0 Å². The molecule has 0 aliphatic rings. The fourth-order valence-corrected chi connectivity index (χ4v) is 2.44. The molecule has 1 aromatic heterocycles. The van der Waals surface area contributed by atoms with Crippen molar-refractivity contribution in [3.05, 3.63) is 17.9 Å². The number of unbranched alkanes of at least 4 members (excludes halogenated alkanes) is 2. The maximum absolute atomic E-state index is 11.8. The van der Waals surface area contributed by atoms with Crippen molar-refractivity contribution in [1.29, 1.82) is 0 Å². The fourth-order valence-electron chi connectivity index (χ4n) is 1.42. The summed E-state index contributed by atoms with van der Waals surface area (Å²) < 4.78 is 31.3. The SMILES string of the molecule is CCCCCNS(=O)(=O)c1ccc(CNC)o1. The first-order valence-corrected chi connectivity index (χ1v) is 7.31. The lowest BCUT2D eigenvalue weighted by Gasteiger charge is -2.03. The Bertz CT molecular complexity index is 426. The Morgan fingerprint density at radius 1 is 1.29 bits per heavy atom. The third-order valence-electron chi connectivity index (χ3n) is 2.33. The molecule has 0 saturated carbocycles. The predicted octanol–water partition coefficient (Wildman–Crippen LogP) is 1.47. The highest BCUT2D eigenvalue weighted by Gasteiger charge is 2.17. The molecule has 98 valence electrons. The van der Waals surface area contributed by atoms with Crippen molar-refractivity contribution in [2.24, 2.45) is 0 Å². The van der Waals surface area contributed by atoms with Gasteiger partial charge in [-0.05, 0) is 25.6 Å². The number of nitrogens with one attached hydrogen (secondary N) is 2. The summed E-state index contributed by atoms with van der Waals surface area (Å²) in [7, 11) is -1.71. The summed E-state index contributed by atoms with van der Waals surface area (Å²) in [4.78, 5) is 0.